The molecule has 1 aliphatic rings. The van der Waals surface area contributed by atoms with Crippen molar-refractivity contribution >= 4 is 46.3 Å². The van der Waals surface area contributed by atoms with Gasteiger partial charge in [-0.05, 0) is 18.2 Å². The van der Waals surface area contributed by atoms with Crippen molar-refractivity contribution in [2.45, 2.75) is 0 Å². The van der Waals surface area contributed by atoms with Crippen LogP contribution in [0.2, 0.25) is 0 Å². The number of carbonyl (C=O) groups is 2. The normalized spacial score (nSPS) is 17.1. The van der Waals surface area contributed by atoms with E-state index in [-0.39, 0.29) is 14.8 Å². The number of carboxylic acid groups (broad SMARTS) is 1. The smallest absolute Gasteiger partial charge is 0.323 e. The van der Waals surface area contributed by atoms with Gasteiger partial charge in [0.15, 0.2) is 0 Å². The van der Waals surface area contributed by atoms with E-state index in [1.807, 2.05) is 0 Å². The van der Waals surface area contributed by atoms with Gasteiger partial charge in [-0.1, -0.05) is 24.0 Å². The Morgan fingerprint density at radius 1 is 1.45 bits per heavy atom. The van der Waals surface area contributed by atoms with Crippen molar-refractivity contribution in [2.24, 2.45) is 0 Å². The molecule has 0 atom stereocenters. The maximum Gasteiger partial charge on any atom is 0.323 e. The number of hydrogen-bond donors (Lipinski definition) is 1. The molecule has 0 aliphatic carbocycles. The average Bonchev–Trinajstić information content (AvgIpc) is 2.60. The van der Waals surface area contributed by atoms with Crippen molar-refractivity contribution in [3.63, 3.8) is 0 Å². The van der Waals surface area contributed by atoms with Crippen LogP contribution >= 0.6 is 24.0 Å². The number of carboxylic acids is 1. The molecule has 104 valence electrons. The maximum atomic E-state index is 13.5. The Hall–Kier alpha value is -1.80. The molecule has 0 unspecified atom stereocenters. The fourth-order valence-corrected chi connectivity index (χ4v) is 2.78. The highest BCUT2D eigenvalue weighted by molar-refractivity contribution is 8.26. The van der Waals surface area contributed by atoms with Gasteiger partial charge in [-0.3, -0.25) is 14.5 Å². The van der Waals surface area contributed by atoms with Gasteiger partial charge >= 0.3 is 5.97 Å². The molecule has 1 N–H and O–H groups in total. The van der Waals surface area contributed by atoms with Crippen LogP contribution in [0.3, 0.4) is 0 Å². The first kappa shape index (κ1) is 14.6. The van der Waals surface area contributed by atoms with Gasteiger partial charge < -0.3 is 5.11 Å². The largest absolute Gasteiger partial charge is 0.480 e. The topological polar surface area (TPSA) is 57.6 Å². The molecular formula is C12H7F2NO3S2. The Bertz CT molecular complexity index is 646. The predicted octanol–water partition coefficient (Wildman–Crippen LogP) is 2.25. The summed E-state index contributed by atoms with van der Waals surface area (Å²) in [6.07, 6.45) is 1.22. The number of aliphatic carboxylic acids is 1. The lowest BCUT2D eigenvalue weighted by Gasteiger charge is -2.10. The van der Waals surface area contributed by atoms with E-state index in [9.17, 15) is 18.4 Å². The summed E-state index contributed by atoms with van der Waals surface area (Å²) >= 11 is 5.77. The fraction of sp³-hybridized carbons (Fsp3) is 0.0833. The highest BCUT2D eigenvalue weighted by atomic mass is 32.2. The van der Waals surface area contributed by atoms with Crippen LogP contribution in [0.4, 0.5) is 8.78 Å². The van der Waals surface area contributed by atoms with Crippen LogP contribution in [0.5, 0.6) is 0 Å². The summed E-state index contributed by atoms with van der Waals surface area (Å²) in [5.74, 6) is -3.34. The Morgan fingerprint density at radius 3 is 2.75 bits per heavy atom. The van der Waals surface area contributed by atoms with Gasteiger partial charge in [0.1, 0.15) is 22.5 Å². The Labute approximate surface area is 122 Å². The summed E-state index contributed by atoms with van der Waals surface area (Å²) in [7, 11) is 0. The molecule has 1 aliphatic heterocycles. The highest BCUT2D eigenvalue weighted by Gasteiger charge is 2.33. The first-order valence-corrected chi connectivity index (χ1v) is 6.53. The van der Waals surface area contributed by atoms with Crippen molar-refractivity contribution in [3.8, 4) is 0 Å². The number of benzene rings is 1. The molecule has 1 aromatic rings. The van der Waals surface area contributed by atoms with Crippen LogP contribution in [0.1, 0.15) is 5.56 Å². The van der Waals surface area contributed by atoms with Crippen LogP contribution < -0.4 is 0 Å². The molecule has 20 heavy (non-hydrogen) atoms. The van der Waals surface area contributed by atoms with E-state index in [1.54, 1.807) is 0 Å². The molecule has 1 amide bonds. The first-order chi connectivity index (χ1) is 9.38. The minimum Gasteiger partial charge on any atom is -0.480 e. The third-order valence-electron chi connectivity index (χ3n) is 2.42. The number of thiocarbonyl (C=S) groups is 1. The SMILES string of the molecule is O=C(O)CN1C(=O)/C(=C/c2ccc(F)cc2F)SC1=S. The van der Waals surface area contributed by atoms with Crippen molar-refractivity contribution in [1.82, 2.24) is 4.90 Å². The van der Waals surface area contributed by atoms with Crippen molar-refractivity contribution in [2.75, 3.05) is 6.54 Å². The van der Waals surface area contributed by atoms with Crippen molar-refractivity contribution in [3.05, 3.63) is 40.3 Å². The molecule has 0 aromatic heterocycles. The van der Waals surface area contributed by atoms with E-state index in [0.29, 0.717) is 6.07 Å². The zero-order valence-electron chi connectivity index (χ0n) is 9.80. The molecule has 1 aromatic carbocycles. The Kier molecular flexibility index (Phi) is 4.15. The molecule has 0 radical (unpaired) electrons. The Balaban J connectivity index is 2.30. The van der Waals surface area contributed by atoms with Crippen molar-refractivity contribution < 1.29 is 23.5 Å². The molecule has 4 nitrogen and oxygen atoms in total. The fourth-order valence-electron chi connectivity index (χ4n) is 1.53. The van der Waals surface area contributed by atoms with Gasteiger partial charge in [0.2, 0.25) is 0 Å². The molecule has 0 saturated carbocycles. The maximum absolute atomic E-state index is 13.5. The average molecular weight is 315 g/mol. The van der Waals surface area contributed by atoms with Gasteiger partial charge in [0.05, 0.1) is 4.91 Å². The number of halogens is 2. The van der Waals surface area contributed by atoms with E-state index < -0.39 is 30.1 Å². The zero-order chi connectivity index (χ0) is 14.9. The van der Waals surface area contributed by atoms with Crippen molar-refractivity contribution in [1.29, 1.82) is 0 Å². The van der Waals surface area contributed by atoms with Gasteiger partial charge in [-0.15, -0.1) is 0 Å². The predicted molar refractivity (Wildman–Crippen MR) is 73.9 cm³/mol. The summed E-state index contributed by atoms with van der Waals surface area (Å²) in [5.41, 5.74) is 0.0298. The van der Waals surface area contributed by atoms with Crippen LogP contribution in [0, 0.1) is 11.6 Å². The summed E-state index contributed by atoms with van der Waals surface area (Å²) < 4.78 is 26.4. The molecular weight excluding hydrogens is 308 g/mol. The number of thioether (sulfide) groups is 1. The van der Waals surface area contributed by atoms with E-state index in [0.717, 1.165) is 22.7 Å². The second kappa shape index (κ2) is 5.68. The summed E-state index contributed by atoms with van der Waals surface area (Å²) in [6, 6.07) is 2.95. The second-order valence-corrected chi connectivity index (χ2v) is 5.50. The number of hydrogen-bond acceptors (Lipinski definition) is 4. The summed E-state index contributed by atoms with van der Waals surface area (Å²) in [5, 5.41) is 8.68. The highest BCUT2D eigenvalue weighted by Crippen LogP contribution is 2.32. The third kappa shape index (κ3) is 3.02. The van der Waals surface area contributed by atoms with E-state index >= 15 is 0 Å². The van der Waals surface area contributed by atoms with Gasteiger partial charge in [-0.2, -0.15) is 0 Å². The van der Waals surface area contributed by atoms with E-state index in [1.165, 1.54) is 12.1 Å². The quantitative estimate of drug-likeness (QED) is 0.685. The molecule has 1 heterocycles. The minimum absolute atomic E-state index is 0.0298. The zero-order valence-corrected chi connectivity index (χ0v) is 11.4. The van der Waals surface area contributed by atoms with Crippen LogP contribution in [0.15, 0.2) is 23.1 Å². The van der Waals surface area contributed by atoms with Crippen LogP contribution in [-0.4, -0.2) is 32.7 Å². The number of amides is 1. The molecule has 1 saturated heterocycles. The van der Waals surface area contributed by atoms with Crippen LogP contribution in [-0.2, 0) is 9.59 Å². The first-order valence-electron chi connectivity index (χ1n) is 5.30. The minimum atomic E-state index is -1.20. The molecule has 2 rings (SSSR count). The monoisotopic (exact) mass is 315 g/mol. The molecule has 0 bridgehead atoms. The van der Waals surface area contributed by atoms with E-state index in [2.05, 4.69) is 0 Å². The van der Waals surface area contributed by atoms with Crippen LogP contribution in [0.25, 0.3) is 6.08 Å². The third-order valence-corrected chi connectivity index (χ3v) is 3.79. The molecule has 0 spiro atoms. The standard InChI is InChI=1S/C12H7F2NO3S2/c13-7-2-1-6(8(14)4-7)3-9-11(18)15(5-10(16)17)12(19)20-9/h1-4H,5H2,(H,16,17)/b9-3-. The lowest BCUT2D eigenvalue weighted by molar-refractivity contribution is -0.140. The lowest BCUT2D eigenvalue weighted by atomic mass is 10.2. The Morgan fingerprint density at radius 2 is 2.15 bits per heavy atom. The summed E-state index contributed by atoms with van der Waals surface area (Å²) in [6.45, 7) is -0.548. The summed E-state index contributed by atoms with van der Waals surface area (Å²) in [4.78, 5) is 23.6. The van der Waals surface area contributed by atoms with E-state index in [4.69, 9.17) is 17.3 Å². The lowest BCUT2D eigenvalue weighted by Crippen LogP contribution is -2.33. The van der Waals surface area contributed by atoms with Gasteiger partial charge in [-0.25, -0.2) is 8.78 Å². The molecule has 8 heteroatoms. The van der Waals surface area contributed by atoms with Gasteiger partial charge in [0, 0.05) is 11.6 Å². The second-order valence-electron chi connectivity index (χ2n) is 3.83. The number of rotatable bonds is 3. The van der Waals surface area contributed by atoms with Gasteiger partial charge in [0.25, 0.3) is 5.91 Å². The molecule has 1 fully saturated rings. The number of nitrogens with zero attached hydrogens (tertiary/aromatic N) is 1. The number of carbonyl (C=O) groups excluding carboxylic acids is 1.